The second kappa shape index (κ2) is 7.81. The Morgan fingerprint density at radius 3 is 2.79 bits per heavy atom. The van der Waals surface area contributed by atoms with Gasteiger partial charge in [-0.25, -0.2) is 4.79 Å². The Labute approximate surface area is 113 Å². The molecule has 0 saturated heterocycles. The first-order valence-electron chi connectivity index (χ1n) is 6.33. The molecule has 0 aliphatic carbocycles. The van der Waals surface area contributed by atoms with E-state index in [2.05, 4.69) is 5.32 Å². The number of furan rings is 1. The summed E-state index contributed by atoms with van der Waals surface area (Å²) in [4.78, 5) is 13.6. The predicted octanol–water partition coefficient (Wildman–Crippen LogP) is 1.30. The van der Waals surface area contributed by atoms with Crippen LogP contribution in [0.1, 0.15) is 24.5 Å². The Hall–Kier alpha value is -1.53. The zero-order valence-electron chi connectivity index (χ0n) is 11.7. The van der Waals surface area contributed by atoms with Gasteiger partial charge in [-0.1, -0.05) is 0 Å². The fourth-order valence-corrected chi connectivity index (χ4v) is 1.77. The average molecular weight is 270 g/mol. The third-order valence-corrected chi connectivity index (χ3v) is 2.77. The van der Waals surface area contributed by atoms with Crippen LogP contribution in [0, 0.1) is 6.92 Å². The van der Waals surface area contributed by atoms with E-state index < -0.39 is 0 Å². The Balaban J connectivity index is 2.70. The number of aliphatic hydroxyl groups excluding tert-OH is 1. The van der Waals surface area contributed by atoms with Gasteiger partial charge in [0.1, 0.15) is 17.6 Å². The van der Waals surface area contributed by atoms with E-state index in [1.807, 2.05) is 26.0 Å². The minimum atomic E-state index is -0.334. The van der Waals surface area contributed by atoms with Crippen molar-refractivity contribution in [1.82, 2.24) is 10.2 Å². The van der Waals surface area contributed by atoms with Gasteiger partial charge in [-0.05, 0) is 26.0 Å². The normalized spacial score (nSPS) is 12.2. The number of aliphatic hydroxyl groups is 1. The lowest BCUT2D eigenvalue weighted by atomic mass is 10.2. The van der Waals surface area contributed by atoms with Gasteiger partial charge in [0.2, 0.25) is 0 Å². The quantitative estimate of drug-likeness (QED) is 0.783. The van der Waals surface area contributed by atoms with Crippen LogP contribution in [0.25, 0.3) is 0 Å². The molecule has 2 amide bonds. The van der Waals surface area contributed by atoms with Crippen LogP contribution >= 0.6 is 0 Å². The molecule has 0 bridgehead atoms. The highest BCUT2D eigenvalue weighted by molar-refractivity contribution is 5.74. The van der Waals surface area contributed by atoms with E-state index in [-0.39, 0.29) is 18.7 Å². The van der Waals surface area contributed by atoms with Crippen molar-refractivity contribution in [3.63, 3.8) is 0 Å². The van der Waals surface area contributed by atoms with Crippen LogP contribution in [-0.2, 0) is 4.74 Å². The molecule has 0 aliphatic rings. The number of carbonyl (C=O) groups excluding carboxylic acids is 1. The standard InChI is InChI=1S/C13H22N2O4/c1-4-15(7-8-16)13(17)14-11(9-18-3)12-6-5-10(2)19-12/h5-6,11,16H,4,7-9H2,1-3H3,(H,14,17). The summed E-state index contributed by atoms with van der Waals surface area (Å²) in [5.41, 5.74) is 0. The molecular formula is C13H22N2O4. The molecule has 0 radical (unpaired) electrons. The molecule has 6 nitrogen and oxygen atoms in total. The summed E-state index contributed by atoms with van der Waals surface area (Å²) in [6, 6.07) is 3.09. The van der Waals surface area contributed by atoms with E-state index in [9.17, 15) is 4.79 Å². The zero-order chi connectivity index (χ0) is 14.3. The van der Waals surface area contributed by atoms with E-state index in [1.54, 1.807) is 7.11 Å². The van der Waals surface area contributed by atoms with Crippen LogP contribution in [0.3, 0.4) is 0 Å². The first kappa shape index (κ1) is 15.5. The largest absolute Gasteiger partial charge is 0.464 e. The van der Waals surface area contributed by atoms with E-state index in [0.29, 0.717) is 25.5 Å². The number of likely N-dealkylation sites (N-methyl/N-ethyl adjacent to an activating group) is 1. The van der Waals surface area contributed by atoms with Gasteiger partial charge in [-0.2, -0.15) is 0 Å². The van der Waals surface area contributed by atoms with Crippen molar-refractivity contribution in [1.29, 1.82) is 0 Å². The lowest BCUT2D eigenvalue weighted by Gasteiger charge is -2.23. The molecule has 0 saturated carbocycles. The monoisotopic (exact) mass is 270 g/mol. The van der Waals surface area contributed by atoms with Crippen molar-refractivity contribution in [3.05, 3.63) is 23.7 Å². The van der Waals surface area contributed by atoms with Crippen LogP contribution in [0.5, 0.6) is 0 Å². The van der Waals surface area contributed by atoms with Crippen LogP contribution < -0.4 is 5.32 Å². The van der Waals surface area contributed by atoms with Crippen LogP contribution in [-0.4, -0.2) is 49.5 Å². The molecule has 0 aliphatic heterocycles. The first-order valence-corrected chi connectivity index (χ1v) is 6.33. The van der Waals surface area contributed by atoms with Crippen LogP contribution in [0.4, 0.5) is 4.79 Å². The molecular weight excluding hydrogens is 248 g/mol. The number of methoxy groups -OCH3 is 1. The lowest BCUT2D eigenvalue weighted by molar-refractivity contribution is 0.142. The summed E-state index contributed by atoms with van der Waals surface area (Å²) in [5, 5.41) is 11.8. The maximum atomic E-state index is 12.0. The Morgan fingerprint density at radius 1 is 1.58 bits per heavy atom. The molecule has 0 fully saturated rings. The molecule has 0 aromatic carbocycles. The molecule has 1 unspecified atom stereocenters. The van der Waals surface area contributed by atoms with Crippen LogP contribution in [0.15, 0.2) is 16.5 Å². The van der Waals surface area contributed by atoms with Crippen molar-refractivity contribution >= 4 is 6.03 Å². The van der Waals surface area contributed by atoms with Crippen LogP contribution in [0.2, 0.25) is 0 Å². The van der Waals surface area contributed by atoms with Gasteiger partial charge in [0, 0.05) is 20.2 Å². The number of rotatable bonds is 7. The number of ether oxygens (including phenoxy) is 1. The van der Waals surface area contributed by atoms with E-state index >= 15 is 0 Å². The highest BCUT2D eigenvalue weighted by atomic mass is 16.5. The molecule has 0 spiro atoms. The van der Waals surface area contributed by atoms with Gasteiger partial charge < -0.3 is 24.5 Å². The summed E-state index contributed by atoms with van der Waals surface area (Å²) < 4.78 is 10.6. The van der Waals surface area contributed by atoms with Crippen molar-refractivity contribution in [2.75, 3.05) is 33.4 Å². The second-order valence-corrected chi connectivity index (χ2v) is 4.21. The van der Waals surface area contributed by atoms with Crippen molar-refractivity contribution in [2.45, 2.75) is 19.9 Å². The SMILES string of the molecule is CCN(CCO)C(=O)NC(COC)c1ccc(C)o1. The number of nitrogens with one attached hydrogen (secondary N) is 1. The minimum Gasteiger partial charge on any atom is -0.464 e. The summed E-state index contributed by atoms with van der Waals surface area (Å²) in [5.74, 6) is 1.45. The predicted molar refractivity (Wildman–Crippen MR) is 70.9 cm³/mol. The molecule has 1 rings (SSSR count). The third-order valence-electron chi connectivity index (χ3n) is 2.77. The molecule has 108 valence electrons. The third kappa shape index (κ3) is 4.57. The maximum Gasteiger partial charge on any atom is 0.318 e. The van der Waals surface area contributed by atoms with Crippen molar-refractivity contribution in [3.8, 4) is 0 Å². The fourth-order valence-electron chi connectivity index (χ4n) is 1.77. The molecule has 6 heteroatoms. The molecule has 19 heavy (non-hydrogen) atoms. The Bertz CT molecular complexity index is 392. The van der Waals surface area contributed by atoms with Gasteiger partial charge >= 0.3 is 6.03 Å². The topological polar surface area (TPSA) is 74.9 Å². The number of nitrogens with zero attached hydrogens (tertiary/aromatic N) is 1. The average Bonchev–Trinajstić information content (AvgIpc) is 2.81. The fraction of sp³-hybridized carbons (Fsp3) is 0.615. The van der Waals surface area contributed by atoms with Gasteiger partial charge in [-0.15, -0.1) is 0 Å². The van der Waals surface area contributed by atoms with Gasteiger partial charge in [0.25, 0.3) is 0 Å². The lowest BCUT2D eigenvalue weighted by Crippen LogP contribution is -2.43. The Kier molecular flexibility index (Phi) is 6.38. The number of hydrogen-bond acceptors (Lipinski definition) is 4. The van der Waals surface area contributed by atoms with E-state index in [1.165, 1.54) is 4.90 Å². The zero-order valence-corrected chi connectivity index (χ0v) is 11.7. The first-order chi connectivity index (χ1) is 9.12. The highest BCUT2D eigenvalue weighted by Crippen LogP contribution is 2.17. The molecule has 1 aromatic heterocycles. The molecule has 1 heterocycles. The minimum absolute atomic E-state index is 0.0595. The van der Waals surface area contributed by atoms with Crippen molar-refractivity contribution in [2.24, 2.45) is 0 Å². The highest BCUT2D eigenvalue weighted by Gasteiger charge is 2.20. The second-order valence-electron chi connectivity index (χ2n) is 4.21. The summed E-state index contributed by atoms with van der Waals surface area (Å²) in [7, 11) is 1.57. The number of carbonyl (C=O) groups is 1. The van der Waals surface area contributed by atoms with E-state index in [4.69, 9.17) is 14.3 Å². The molecule has 1 atom stereocenters. The number of aryl methyl sites for hydroxylation is 1. The van der Waals surface area contributed by atoms with Gasteiger partial charge in [0.05, 0.1) is 13.2 Å². The smallest absolute Gasteiger partial charge is 0.318 e. The number of urea groups is 1. The molecule has 1 aromatic rings. The molecule has 2 N–H and O–H groups in total. The van der Waals surface area contributed by atoms with Crippen molar-refractivity contribution < 1.29 is 19.1 Å². The van der Waals surface area contributed by atoms with Gasteiger partial charge in [0.15, 0.2) is 0 Å². The number of hydrogen-bond donors (Lipinski definition) is 2. The summed E-state index contributed by atoms with van der Waals surface area (Å²) >= 11 is 0. The Morgan fingerprint density at radius 2 is 2.32 bits per heavy atom. The van der Waals surface area contributed by atoms with Gasteiger partial charge in [-0.3, -0.25) is 0 Å². The van der Waals surface area contributed by atoms with E-state index in [0.717, 1.165) is 5.76 Å². The maximum absolute atomic E-state index is 12.0. The number of amides is 2. The summed E-state index contributed by atoms with van der Waals surface area (Å²) in [6.45, 7) is 4.81. The summed E-state index contributed by atoms with van der Waals surface area (Å²) in [6.07, 6.45) is 0.